The zero-order valence-corrected chi connectivity index (χ0v) is 19.6. The molecule has 0 bridgehead atoms. The first kappa shape index (κ1) is 24.2. The van der Waals surface area contributed by atoms with Crippen LogP contribution >= 0.6 is 23.2 Å². The van der Waals surface area contributed by atoms with Crippen LogP contribution < -0.4 is 5.32 Å². The first-order chi connectivity index (χ1) is 14.3. The lowest BCUT2D eigenvalue weighted by molar-refractivity contribution is -0.141. The lowest BCUT2D eigenvalue weighted by atomic mass is 10.00. The van der Waals surface area contributed by atoms with Crippen LogP contribution in [0.4, 0.5) is 0 Å². The molecule has 162 valence electrons. The summed E-state index contributed by atoms with van der Waals surface area (Å²) in [6, 6.07) is 13.0. The molecule has 1 atom stereocenters. The molecule has 4 nitrogen and oxygen atoms in total. The van der Waals surface area contributed by atoms with Gasteiger partial charge in [0.2, 0.25) is 11.8 Å². The maximum atomic E-state index is 13.2. The van der Waals surface area contributed by atoms with Gasteiger partial charge < -0.3 is 10.2 Å². The second-order valence-electron chi connectivity index (χ2n) is 7.69. The number of nitrogens with zero attached hydrogens (tertiary/aromatic N) is 1. The molecule has 0 saturated carbocycles. The summed E-state index contributed by atoms with van der Waals surface area (Å²) in [7, 11) is 1.58. The van der Waals surface area contributed by atoms with Crippen LogP contribution in [-0.4, -0.2) is 29.8 Å². The molecule has 0 fully saturated rings. The van der Waals surface area contributed by atoms with Crippen molar-refractivity contribution in [2.45, 2.75) is 58.5 Å². The predicted molar refractivity (Wildman–Crippen MR) is 124 cm³/mol. The number of rotatable bonds is 9. The van der Waals surface area contributed by atoms with Gasteiger partial charge in [-0.25, -0.2) is 0 Å². The molecule has 0 radical (unpaired) electrons. The van der Waals surface area contributed by atoms with E-state index in [1.165, 1.54) is 5.56 Å². The van der Waals surface area contributed by atoms with Gasteiger partial charge in [0.15, 0.2) is 0 Å². The minimum Gasteiger partial charge on any atom is -0.357 e. The van der Waals surface area contributed by atoms with E-state index < -0.39 is 6.04 Å². The van der Waals surface area contributed by atoms with E-state index in [1.54, 1.807) is 30.1 Å². The van der Waals surface area contributed by atoms with Gasteiger partial charge >= 0.3 is 0 Å². The van der Waals surface area contributed by atoms with E-state index in [1.807, 2.05) is 6.92 Å². The van der Waals surface area contributed by atoms with Crippen molar-refractivity contribution in [2.24, 2.45) is 0 Å². The molecule has 30 heavy (non-hydrogen) atoms. The number of halogens is 2. The quantitative estimate of drug-likeness (QED) is 0.542. The highest BCUT2D eigenvalue weighted by molar-refractivity contribution is 6.35. The zero-order chi connectivity index (χ0) is 22.3. The highest BCUT2D eigenvalue weighted by Crippen LogP contribution is 2.24. The molecule has 0 heterocycles. The molecule has 0 aliphatic heterocycles. The predicted octanol–water partition coefficient (Wildman–Crippen LogP) is 5.60. The van der Waals surface area contributed by atoms with Crippen LogP contribution in [0.15, 0.2) is 42.5 Å². The number of carbonyl (C=O) groups excluding carboxylic acids is 2. The normalized spacial score (nSPS) is 12.0. The number of benzene rings is 2. The second-order valence-corrected chi connectivity index (χ2v) is 8.54. The molecular weight excluding hydrogens is 419 g/mol. The molecule has 0 saturated heterocycles. The van der Waals surface area contributed by atoms with Crippen LogP contribution in [0, 0.1) is 0 Å². The Balaban J connectivity index is 2.19. The Hall–Kier alpha value is -2.04. The Morgan fingerprint density at radius 1 is 1.07 bits per heavy atom. The van der Waals surface area contributed by atoms with E-state index in [-0.39, 0.29) is 18.4 Å². The molecule has 2 aromatic carbocycles. The van der Waals surface area contributed by atoms with Gasteiger partial charge in [-0.3, -0.25) is 9.59 Å². The summed E-state index contributed by atoms with van der Waals surface area (Å²) in [4.78, 5) is 27.2. The van der Waals surface area contributed by atoms with Crippen molar-refractivity contribution in [3.8, 4) is 0 Å². The Morgan fingerprint density at radius 3 is 2.27 bits per heavy atom. The maximum Gasteiger partial charge on any atom is 0.242 e. The molecule has 2 rings (SSSR count). The van der Waals surface area contributed by atoms with Crippen LogP contribution in [0.3, 0.4) is 0 Å². The number of aryl methyl sites for hydroxylation is 1. The van der Waals surface area contributed by atoms with Gasteiger partial charge in [-0.2, -0.15) is 0 Å². The van der Waals surface area contributed by atoms with Crippen LogP contribution in [0.25, 0.3) is 0 Å². The third-order valence-corrected chi connectivity index (χ3v) is 5.85. The highest BCUT2D eigenvalue weighted by Gasteiger charge is 2.28. The van der Waals surface area contributed by atoms with Crippen molar-refractivity contribution in [3.63, 3.8) is 0 Å². The molecule has 0 spiro atoms. The Morgan fingerprint density at radius 2 is 1.73 bits per heavy atom. The largest absolute Gasteiger partial charge is 0.357 e. The van der Waals surface area contributed by atoms with Crippen LogP contribution in [0.2, 0.25) is 10.0 Å². The minimum absolute atomic E-state index is 0.0793. The average Bonchev–Trinajstić information content (AvgIpc) is 2.73. The number of likely N-dealkylation sites (N-methyl/N-ethyl adjacent to an activating group) is 1. The average molecular weight is 449 g/mol. The van der Waals surface area contributed by atoms with Gasteiger partial charge in [0, 0.05) is 30.1 Å². The van der Waals surface area contributed by atoms with E-state index in [0.29, 0.717) is 35.2 Å². The first-order valence-corrected chi connectivity index (χ1v) is 11.1. The fraction of sp³-hybridized carbons (Fsp3) is 0.417. The summed E-state index contributed by atoms with van der Waals surface area (Å²) in [5, 5.41) is 3.68. The molecule has 1 N–H and O–H groups in total. The fourth-order valence-corrected chi connectivity index (χ4v) is 3.85. The maximum absolute atomic E-state index is 13.2. The molecule has 1 unspecified atom stereocenters. The standard InChI is InChI=1S/C24H30Cl2N2O2/c1-5-22(24(30)27-4)28(15-19-11-12-20(25)14-21(19)26)23(29)13-8-17-6-9-18(10-7-17)16(2)3/h6-7,9-12,14,16,22H,5,8,13,15H2,1-4H3,(H,27,30). The molecule has 2 aromatic rings. The van der Waals surface area contributed by atoms with Crippen LogP contribution in [-0.2, 0) is 22.6 Å². The molecular formula is C24H30Cl2N2O2. The number of nitrogens with one attached hydrogen (secondary N) is 1. The van der Waals surface area contributed by atoms with Gasteiger partial charge in [-0.1, -0.05) is 74.3 Å². The zero-order valence-electron chi connectivity index (χ0n) is 18.0. The Labute approximate surface area is 189 Å². The summed E-state index contributed by atoms with van der Waals surface area (Å²) in [6.45, 7) is 6.46. The van der Waals surface area contributed by atoms with Crippen molar-refractivity contribution in [1.29, 1.82) is 0 Å². The lowest BCUT2D eigenvalue weighted by Gasteiger charge is -2.30. The SMILES string of the molecule is CCC(C(=O)NC)N(Cc1ccc(Cl)cc1Cl)C(=O)CCc1ccc(C(C)C)cc1. The third kappa shape index (κ3) is 6.48. The minimum atomic E-state index is -0.558. The topological polar surface area (TPSA) is 49.4 Å². The molecule has 0 aliphatic carbocycles. The van der Waals surface area contributed by atoms with Crippen molar-refractivity contribution in [3.05, 3.63) is 69.2 Å². The fourth-order valence-electron chi connectivity index (χ4n) is 3.38. The number of hydrogen-bond donors (Lipinski definition) is 1. The van der Waals surface area contributed by atoms with Gasteiger partial charge in [0.05, 0.1) is 0 Å². The summed E-state index contributed by atoms with van der Waals surface area (Å²) in [6.07, 6.45) is 1.45. The number of amides is 2. The summed E-state index contributed by atoms with van der Waals surface area (Å²) < 4.78 is 0. The number of carbonyl (C=O) groups is 2. The molecule has 0 aromatic heterocycles. The monoisotopic (exact) mass is 448 g/mol. The highest BCUT2D eigenvalue weighted by atomic mass is 35.5. The van der Waals surface area contributed by atoms with E-state index in [2.05, 4.69) is 43.4 Å². The van der Waals surface area contributed by atoms with Gasteiger partial charge in [-0.15, -0.1) is 0 Å². The number of hydrogen-bond acceptors (Lipinski definition) is 2. The summed E-state index contributed by atoms with van der Waals surface area (Å²) >= 11 is 12.3. The van der Waals surface area contributed by atoms with Crippen molar-refractivity contribution >= 4 is 35.0 Å². The summed E-state index contributed by atoms with van der Waals surface area (Å²) in [5.41, 5.74) is 3.14. The Bertz CT molecular complexity index is 866. The van der Waals surface area contributed by atoms with Crippen molar-refractivity contribution in [1.82, 2.24) is 10.2 Å². The van der Waals surface area contributed by atoms with E-state index in [0.717, 1.165) is 11.1 Å². The van der Waals surface area contributed by atoms with E-state index in [4.69, 9.17) is 23.2 Å². The molecule has 2 amide bonds. The van der Waals surface area contributed by atoms with E-state index in [9.17, 15) is 9.59 Å². The molecule has 0 aliphatic rings. The van der Waals surface area contributed by atoms with Crippen LogP contribution in [0.5, 0.6) is 0 Å². The smallest absolute Gasteiger partial charge is 0.242 e. The van der Waals surface area contributed by atoms with Gasteiger partial charge in [-0.05, 0) is 47.6 Å². The van der Waals surface area contributed by atoms with E-state index >= 15 is 0 Å². The first-order valence-electron chi connectivity index (χ1n) is 10.3. The van der Waals surface area contributed by atoms with Gasteiger partial charge in [0.1, 0.15) is 6.04 Å². The molecule has 6 heteroatoms. The van der Waals surface area contributed by atoms with Crippen molar-refractivity contribution < 1.29 is 9.59 Å². The Kier molecular flexibility index (Phi) is 9.19. The van der Waals surface area contributed by atoms with Gasteiger partial charge in [0.25, 0.3) is 0 Å². The van der Waals surface area contributed by atoms with Crippen molar-refractivity contribution in [2.75, 3.05) is 7.05 Å². The summed E-state index contributed by atoms with van der Waals surface area (Å²) in [5.74, 6) is 0.208. The second kappa shape index (κ2) is 11.4. The lowest BCUT2D eigenvalue weighted by Crippen LogP contribution is -2.48. The van der Waals surface area contributed by atoms with Crippen LogP contribution in [0.1, 0.15) is 56.2 Å². The third-order valence-electron chi connectivity index (χ3n) is 5.26.